The SMILES string of the molecule is Nc1cc(NC(=O)c2cccc(Br)c2)ccc1N1CCCCC1. The maximum Gasteiger partial charge on any atom is 0.255 e. The van der Waals surface area contributed by atoms with Crippen molar-refractivity contribution < 1.29 is 4.79 Å². The molecule has 0 unspecified atom stereocenters. The molecule has 1 aliphatic heterocycles. The van der Waals surface area contributed by atoms with Crippen LogP contribution in [-0.4, -0.2) is 19.0 Å². The Morgan fingerprint density at radius 3 is 2.57 bits per heavy atom. The van der Waals surface area contributed by atoms with Crippen molar-refractivity contribution in [2.45, 2.75) is 19.3 Å². The van der Waals surface area contributed by atoms with E-state index in [2.05, 4.69) is 26.1 Å². The number of halogens is 1. The first-order valence-electron chi connectivity index (χ1n) is 7.85. The molecule has 0 aliphatic carbocycles. The van der Waals surface area contributed by atoms with Crippen LogP contribution >= 0.6 is 15.9 Å². The Morgan fingerprint density at radius 2 is 1.87 bits per heavy atom. The average molecular weight is 374 g/mol. The number of nitrogens with zero attached hydrogens (tertiary/aromatic N) is 1. The third-order valence-electron chi connectivity index (χ3n) is 4.07. The van der Waals surface area contributed by atoms with E-state index in [1.54, 1.807) is 12.1 Å². The summed E-state index contributed by atoms with van der Waals surface area (Å²) in [5, 5.41) is 2.90. The van der Waals surface area contributed by atoms with Crippen LogP contribution in [0.4, 0.5) is 17.1 Å². The molecule has 0 saturated carbocycles. The van der Waals surface area contributed by atoms with Gasteiger partial charge in [0, 0.05) is 28.8 Å². The molecular formula is C18H20BrN3O. The van der Waals surface area contributed by atoms with Crippen LogP contribution in [0.25, 0.3) is 0 Å². The molecule has 3 rings (SSSR count). The van der Waals surface area contributed by atoms with Gasteiger partial charge in [0.1, 0.15) is 0 Å². The average Bonchev–Trinajstić information content (AvgIpc) is 2.56. The van der Waals surface area contributed by atoms with Gasteiger partial charge in [-0.25, -0.2) is 0 Å². The third kappa shape index (κ3) is 3.85. The number of anilines is 3. The molecule has 4 nitrogen and oxygen atoms in total. The van der Waals surface area contributed by atoms with E-state index in [1.165, 1.54) is 19.3 Å². The van der Waals surface area contributed by atoms with Crippen molar-refractivity contribution in [3.63, 3.8) is 0 Å². The predicted molar refractivity (Wildman–Crippen MR) is 99.0 cm³/mol. The number of carbonyl (C=O) groups is 1. The van der Waals surface area contributed by atoms with E-state index in [-0.39, 0.29) is 5.91 Å². The molecule has 0 bridgehead atoms. The van der Waals surface area contributed by atoms with Crippen LogP contribution in [0.15, 0.2) is 46.9 Å². The van der Waals surface area contributed by atoms with E-state index in [1.807, 2.05) is 30.3 Å². The zero-order valence-electron chi connectivity index (χ0n) is 12.9. The minimum Gasteiger partial charge on any atom is -0.397 e. The summed E-state index contributed by atoms with van der Waals surface area (Å²) in [6, 6.07) is 13.1. The second-order valence-electron chi connectivity index (χ2n) is 5.79. The monoisotopic (exact) mass is 373 g/mol. The van der Waals surface area contributed by atoms with Gasteiger partial charge in [-0.1, -0.05) is 22.0 Å². The van der Waals surface area contributed by atoms with Crippen molar-refractivity contribution in [2.24, 2.45) is 0 Å². The fourth-order valence-electron chi connectivity index (χ4n) is 2.89. The lowest BCUT2D eigenvalue weighted by molar-refractivity contribution is 0.102. The zero-order valence-corrected chi connectivity index (χ0v) is 14.5. The Morgan fingerprint density at radius 1 is 1.09 bits per heavy atom. The zero-order chi connectivity index (χ0) is 16.2. The summed E-state index contributed by atoms with van der Waals surface area (Å²) in [4.78, 5) is 14.6. The van der Waals surface area contributed by atoms with Crippen molar-refractivity contribution >= 4 is 38.9 Å². The lowest BCUT2D eigenvalue weighted by Gasteiger charge is -2.30. The van der Waals surface area contributed by atoms with Crippen molar-refractivity contribution in [1.29, 1.82) is 0 Å². The summed E-state index contributed by atoms with van der Waals surface area (Å²) in [7, 11) is 0. The topological polar surface area (TPSA) is 58.4 Å². The summed E-state index contributed by atoms with van der Waals surface area (Å²) in [5.74, 6) is -0.142. The molecule has 1 heterocycles. The summed E-state index contributed by atoms with van der Waals surface area (Å²) in [5.41, 5.74) is 9.28. The van der Waals surface area contributed by atoms with Gasteiger partial charge in [0.25, 0.3) is 5.91 Å². The van der Waals surface area contributed by atoms with Gasteiger partial charge in [-0.2, -0.15) is 0 Å². The predicted octanol–water partition coefficient (Wildman–Crippen LogP) is 4.27. The number of benzene rings is 2. The normalized spacial score (nSPS) is 14.6. The smallest absolute Gasteiger partial charge is 0.255 e. The molecule has 1 amide bonds. The molecule has 0 atom stereocenters. The van der Waals surface area contributed by atoms with Gasteiger partial charge in [0.05, 0.1) is 11.4 Å². The van der Waals surface area contributed by atoms with E-state index in [0.717, 1.165) is 23.2 Å². The second kappa shape index (κ2) is 7.04. The van der Waals surface area contributed by atoms with Gasteiger partial charge in [-0.3, -0.25) is 4.79 Å². The Balaban J connectivity index is 1.73. The number of amides is 1. The first-order chi connectivity index (χ1) is 11.1. The highest BCUT2D eigenvalue weighted by molar-refractivity contribution is 9.10. The van der Waals surface area contributed by atoms with Crippen molar-refractivity contribution in [3.05, 3.63) is 52.5 Å². The van der Waals surface area contributed by atoms with Gasteiger partial charge >= 0.3 is 0 Å². The number of nitrogen functional groups attached to an aromatic ring is 1. The van der Waals surface area contributed by atoms with Crippen LogP contribution in [0.3, 0.4) is 0 Å². The fraction of sp³-hybridized carbons (Fsp3) is 0.278. The first kappa shape index (κ1) is 15.9. The van der Waals surface area contributed by atoms with Gasteiger partial charge in [-0.15, -0.1) is 0 Å². The summed E-state index contributed by atoms with van der Waals surface area (Å²) in [6.45, 7) is 2.10. The highest BCUT2D eigenvalue weighted by Crippen LogP contribution is 2.29. The minimum absolute atomic E-state index is 0.142. The van der Waals surface area contributed by atoms with Gasteiger partial charge in [0.2, 0.25) is 0 Å². The largest absolute Gasteiger partial charge is 0.397 e. The van der Waals surface area contributed by atoms with Crippen molar-refractivity contribution in [1.82, 2.24) is 0 Å². The first-order valence-corrected chi connectivity index (χ1v) is 8.64. The summed E-state index contributed by atoms with van der Waals surface area (Å²) in [6.07, 6.45) is 3.71. The molecule has 2 aromatic carbocycles. The lowest BCUT2D eigenvalue weighted by Crippen LogP contribution is -2.30. The van der Waals surface area contributed by atoms with E-state index in [0.29, 0.717) is 16.9 Å². The second-order valence-corrected chi connectivity index (χ2v) is 6.70. The minimum atomic E-state index is -0.142. The highest BCUT2D eigenvalue weighted by Gasteiger charge is 2.14. The number of piperidine rings is 1. The van der Waals surface area contributed by atoms with E-state index in [9.17, 15) is 4.79 Å². The highest BCUT2D eigenvalue weighted by atomic mass is 79.9. The fourth-order valence-corrected chi connectivity index (χ4v) is 3.29. The molecule has 0 radical (unpaired) electrons. The van der Waals surface area contributed by atoms with Crippen LogP contribution in [-0.2, 0) is 0 Å². The van der Waals surface area contributed by atoms with E-state index in [4.69, 9.17) is 5.73 Å². The van der Waals surface area contributed by atoms with Crippen molar-refractivity contribution in [3.8, 4) is 0 Å². The maximum absolute atomic E-state index is 12.3. The summed E-state index contributed by atoms with van der Waals surface area (Å²) >= 11 is 3.38. The molecule has 0 spiro atoms. The molecule has 2 aromatic rings. The molecule has 1 saturated heterocycles. The number of nitrogens with two attached hydrogens (primary N) is 1. The maximum atomic E-state index is 12.3. The number of hydrogen-bond donors (Lipinski definition) is 2. The molecule has 1 fully saturated rings. The van der Waals surface area contributed by atoms with Gasteiger partial charge < -0.3 is 16.0 Å². The van der Waals surface area contributed by atoms with Gasteiger partial charge in [0.15, 0.2) is 0 Å². The number of carbonyl (C=O) groups excluding carboxylic acids is 1. The van der Waals surface area contributed by atoms with Crippen LogP contribution in [0.2, 0.25) is 0 Å². The summed E-state index contributed by atoms with van der Waals surface area (Å²) < 4.78 is 0.880. The van der Waals surface area contributed by atoms with Crippen LogP contribution in [0.1, 0.15) is 29.6 Å². The molecule has 0 aromatic heterocycles. The Bertz CT molecular complexity index is 711. The molecule has 1 aliphatic rings. The van der Waals surface area contributed by atoms with Crippen LogP contribution < -0.4 is 16.0 Å². The van der Waals surface area contributed by atoms with Crippen LogP contribution in [0, 0.1) is 0 Å². The number of hydrogen-bond acceptors (Lipinski definition) is 3. The Labute approximate surface area is 144 Å². The molecule has 23 heavy (non-hydrogen) atoms. The van der Waals surface area contributed by atoms with E-state index >= 15 is 0 Å². The quantitative estimate of drug-likeness (QED) is 0.789. The van der Waals surface area contributed by atoms with Crippen molar-refractivity contribution in [2.75, 3.05) is 29.0 Å². The van der Waals surface area contributed by atoms with Crippen LogP contribution in [0.5, 0.6) is 0 Å². The van der Waals surface area contributed by atoms with E-state index < -0.39 is 0 Å². The molecular weight excluding hydrogens is 354 g/mol. The molecule has 3 N–H and O–H groups in total. The standard InChI is InChI=1S/C18H20BrN3O/c19-14-6-4-5-13(11-14)18(23)21-15-7-8-17(16(20)12-15)22-9-2-1-3-10-22/h4-8,11-12H,1-3,9-10,20H2,(H,21,23). The number of nitrogens with one attached hydrogen (secondary N) is 1. The number of rotatable bonds is 3. The Hall–Kier alpha value is -2.01. The van der Waals surface area contributed by atoms with Gasteiger partial charge in [-0.05, 0) is 55.7 Å². The Kier molecular flexibility index (Phi) is 4.86. The lowest BCUT2D eigenvalue weighted by atomic mass is 10.1. The molecule has 120 valence electrons. The third-order valence-corrected chi connectivity index (χ3v) is 4.56. The molecule has 5 heteroatoms.